The van der Waals surface area contributed by atoms with Crippen LogP contribution in [0.15, 0.2) is 18.2 Å². The Bertz CT molecular complexity index is 601. The van der Waals surface area contributed by atoms with Crippen LogP contribution in [0.4, 0.5) is 0 Å². The van der Waals surface area contributed by atoms with E-state index < -0.39 is 0 Å². The Morgan fingerprint density at radius 1 is 1.36 bits per heavy atom. The summed E-state index contributed by atoms with van der Waals surface area (Å²) in [5.74, 6) is 0.412. The van der Waals surface area contributed by atoms with E-state index in [0.717, 1.165) is 30.6 Å². The van der Waals surface area contributed by atoms with Gasteiger partial charge in [0, 0.05) is 23.0 Å². The number of nitrogens with two attached hydrogens (primary N) is 1. The van der Waals surface area contributed by atoms with Crippen molar-refractivity contribution in [2.75, 3.05) is 26.2 Å². The molecule has 1 aliphatic heterocycles. The van der Waals surface area contributed by atoms with Crippen LogP contribution in [-0.2, 0) is 16.1 Å². The van der Waals surface area contributed by atoms with Crippen LogP contribution in [0.3, 0.4) is 0 Å². The number of primary amides is 1. The van der Waals surface area contributed by atoms with E-state index in [2.05, 4.69) is 5.32 Å². The number of likely N-dealkylation sites (tertiary alicyclic amines) is 1. The molecule has 0 spiro atoms. The van der Waals surface area contributed by atoms with Gasteiger partial charge in [-0.05, 0) is 50.6 Å². The summed E-state index contributed by atoms with van der Waals surface area (Å²) in [5.41, 5.74) is 6.08. The zero-order chi connectivity index (χ0) is 18.2. The van der Waals surface area contributed by atoms with Gasteiger partial charge in [0.25, 0.3) is 0 Å². The van der Waals surface area contributed by atoms with Crippen LogP contribution < -0.4 is 15.8 Å². The SMILES string of the molecule is CCCOc1ccc(Cl)cc1CNC(=O)C1CCN(CC(N)=O)CC1. The lowest BCUT2D eigenvalue weighted by molar-refractivity contribution is -0.126. The zero-order valence-electron chi connectivity index (χ0n) is 14.6. The predicted molar refractivity (Wildman–Crippen MR) is 97.4 cm³/mol. The summed E-state index contributed by atoms with van der Waals surface area (Å²) in [6, 6.07) is 5.44. The number of amides is 2. The third-order valence-electron chi connectivity index (χ3n) is 4.28. The summed E-state index contributed by atoms with van der Waals surface area (Å²) in [5, 5.41) is 3.60. The van der Waals surface area contributed by atoms with E-state index in [4.69, 9.17) is 22.1 Å². The molecule has 3 N–H and O–H groups in total. The van der Waals surface area contributed by atoms with E-state index in [-0.39, 0.29) is 24.3 Å². The fourth-order valence-corrected chi connectivity index (χ4v) is 3.13. The summed E-state index contributed by atoms with van der Waals surface area (Å²) >= 11 is 6.06. The second-order valence-corrected chi connectivity index (χ2v) is 6.77. The van der Waals surface area contributed by atoms with Gasteiger partial charge in [-0.2, -0.15) is 0 Å². The highest BCUT2D eigenvalue weighted by atomic mass is 35.5. The number of piperidine rings is 1. The summed E-state index contributed by atoms with van der Waals surface area (Å²) in [7, 11) is 0. The Kier molecular flexibility index (Phi) is 7.52. The molecule has 1 heterocycles. The van der Waals surface area contributed by atoms with Crippen molar-refractivity contribution in [3.05, 3.63) is 28.8 Å². The maximum Gasteiger partial charge on any atom is 0.231 e. The lowest BCUT2D eigenvalue weighted by Crippen LogP contribution is -2.43. The maximum atomic E-state index is 12.4. The van der Waals surface area contributed by atoms with Crippen LogP contribution in [0, 0.1) is 5.92 Å². The molecular weight excluding hydrogens is 342 g/mol. The molecule has 1 aliphatic rings. The number of hydrogen-bond acceptors (Lipinski definition) is 4. The van der Waals surface area contributed by atoms with E-state index in [1.165, 1.54) is 0 Å². The third-order valence-corrected chi connectivity index (χ3v) is 4.51. The largest absolute Gasteiger partial charge is 0.493 e. The van der Waals surface area contributed by atoms with Crippen molar-refractivity contribution in [1.82, 2.24) is 10.2 Å². The molecule has 1 aromatic rings. The van der Waals surface area contributed by atoms with Gasteiger partial charge in [-0.15, -0.1) is 0 Å². The number of halogens is 1. The molecule has 25 heavy (non-hydrogen) atoms. The van der Waals surface area contributed by atoms with Crippen LogP contribution in [0.2, 0.25) is 5.02 Å². The number of benzene rings is 1. The summed E-state index contributed by atoms with van der Waals surface area (Å²) < 4.78 is 5.71. The minimum absolute atomic E-state index is 0.0279. The van der Waals surface area contributed by atoms with Gasteiger partial charge in [0.1, 0.15) is 5.75 Å². The van der Waals surface area contributed by atoms with Gasteiger partial charge in [-0.1, -0.05) is 18.5 Å². The highest BCUT2D eigenvalue weighted by Crippen LogP contribution is 2.24. The molecule has 0 atom stereocenters. The molecule has 1 aromatic carbocycles. The van der Waals surface area contributed by atoms with Gasteiger partial charge in [0.05, 0.1) is 13.2 Å². The molecule has 0 radical (unpaired) electrons. The molecule has 138 valence electrons. The minimum Gasteiger partial charge on any atom is -0.493 e. The van der Waals surface area contributed by atoms with Crippen molar-refractivity contribution >= 4 is 23.4 Å². The average molecular weight is 368 g/mol. The Balaban J connectivity index is 1.86. The van der Waals surface area contributed by atoms with Gasteiger partial charge >= 0.3 is 0 Å². The fourth-order valence-electron chi connectivity index (χ4n) is 2.94. The van der Waals surface area contributed by atoms with Crippen molar-refractivity contribution in [1.29, 1.82) is 0 Å². The van der Waals surface area contributed by atoms with E-state index >= 15 is 0 Å². The number of carbonyl (C=O) groups excluding carboxylic acids is 2. The van der Waals surface area contributed by atoms with Crippen molar-refractivity contribution < 1.29 is 14.3 Å². The van der Waals surface area contributed by atoms with Crippen molar-refractivity contribution in [2.45, 2.75) is 32.7 Å². The van der Waals surface area contributed by atoms with E-state index in [1.807, 2.05) is 24.0 Å². The van der Waals surface area contributed by atoms with E-state index in [1.54, 1.807) is 6.07 Å². The first kappa shape index (κ1) is 19.5. The van der Waals surface area contributed by atoms with Crippen LogP contribution in [0.1, 0.15) is 31.7 Å². The number of nitrogens with zero attached hydrogens (tertiary/aromatic N) is 1. The van der Waals surface area contributed by atoms with Crippen molar-refractivity contribution in [3.8, 4) is 5.75 Å². The highest BCUT2D eigenvalue weighted by Gasteiger charge is 2.25. The Morgan fingerprint density at radius 3 is 2.72 bits per heavy atom. The molecule has 0 saturated carbocycles. The summed E-state index contributed by atoms with van der Waals surface area (Å²) in [6.45, 7) is 4.74. The first-order valence-corrected chi connectivity index (χ1v) is 9.07. The smallest absolute Gasteiger partial charge is 0.231 e. The monoisotopic (exact) mass is 367 g/mol. The van der Waals surface area contributed by atoms with E-state index in [9.17, 15) is 9.59 Å². The minimum atomic E-state index is -0.330. The third kappa shape index (κ3) is 6.21. The summed E-state index contributed by atoms with van der Waals surface area (Å²) in [6.07, 6.45) is 2.38. The Labute approximate surface area is 153 Å². The second-order valence-electron chi connectivity index (χ2n) is 6.34. The number of ether oxygens (including phenoxy) is 1. The quantitative estimate of drug-likeness (QED) is 0.735. The predicted octanol–water partition coefficient (Wildman–Crippen LogP) is 1.94. The number of rotatable bonds is 8. The molecule has 0 unspecified atom stereocenters. The van der Waals surface area contributed by atoms with Crippen LogP contribution in [-0.4, -0.2) is 43.0 Å². The highest BCUT2D eigenvalue weighted by molar-refractivity contribution is 6.30. The average Bonchev–Trinajstić information content (AvgIpc) is 2.59. The van der Waals surface area contributed by atoms with Gasteiger partial charge < -0.3 is 15.8 Å². The van der Waals surface area contributed by atoms with Gasteiger partial charge in [0.15, 0.2) is 0 Å². The Hall–Kier alpha value is -1.79. The van der Waals surface area contributed by atoms with Crippen molar-refractivity contribution in [2.24, 2.45) is 11.7 Å². The van der Waals surface area contributed by atoms with Gasteiger partial charge in [-0.3, -0.25) is 14.5 Å². The fraction of sp³-hybridized carbons (Fsp3) is 0.556. The number of carbonyl (C=O) groups is 2. The van der Waals surface area contributed by atoms with Crippen LogP contribution in [0.5, 0.6) is 5.75 Å². The Morgan fingerprint density at radius 2 is 2.08 bits per heavy atom. The van der Waals surface area contributed by atoms with Gasteiger partial charge in [-0.25, -0.2) is 0 Å². The maximum absolute atomic E-state index is 12.4. The molecule has 0 aromatic heterocycles. The van der Waals surface area contributed by atoms with Gasteiger partial charge in [0.2, 0.25) is 11.8 Å². The number of nitrogens with one attached hydrogen (secondary N) is 1. The topological polar surface area (TPSA) is 84.7 Å². The molecular formula is C18H26ClN3O3. The lowest BCUT2D eigenvalue weighted by atomic mass is 9.96. The van der Waals surface area contributed by atoms with E-state index in [0.29, 0.717) is 31.3 Å². The molecule has 2 rings (SSSR count). The zero-order valence-corrected chi connectivity index (χ0v) is 15.3. The van der Waals surface area contributed by atoms with Crippen LogP contribution in [0.25, 0.3) is 0 Å². The normalized spacial score (nSPS) is 15.8. The lowest BCUT2D eigenvalue weighted by Gasteiger charge is -2.30. The first-order valence-electron chi connectivity index (χ1n) is 8.69. The molecule has 0 bridgehead atoms. The molecule has 6 nitrogen and oxygen atoms in total. The molecule has 0 aliphatic carbocycles. The molecule has 1 fully saturated rings. The van der Waals surface area contributed by atoms with Crippen LogP contribution >= 0.6 is 11.6 Å². The van der Waals surface area contributed by atoms with Crippen molar-refractivity contribution in [3.63, 3.8) is 0 Å². The second kappa shape index (κ2) is 9.63. The standard InChI is InChI=1S/C18H26ClN3O3/c1-2-9-25-16-4-3-15(19)10-14(16)11-21-18(24)13-5-7-22(8-6-13)12-17(20)23/h3-4,10,13H,2,5-9,11-12H2,1H3,(H2,20,23)(H,21,24). The first-order chi connectivity index (χ1) is 12.0. The molecule has 2 amide bonds. The molecule has 1 saturated heterocycles. The molecule has 7 heteroatoms. The summed E-state index contributed by atoms with van der Waals surface area (Å²) in [4.78, 5) is 25.4. The number of hydrogen-bond donors (Lipinski definition) is 2.